The van der Waals surface area contributed by atoms with Crippen LogP contribution in [0.5, 0.6) is 0 Å². The summed E-state index contributed by atoms with van der Waals surface area (Å²) in [7, 11) is 0. The number of carboxylic acid groups (broad SMARTS) is 1. The number of hydrogen-bond acceptors (Lipinski definition) is 2. The summed E-state index contributed by atoms with van der Waals surface area (Å²) in [5.74, 6) is -1.54. The molecule has 3 nitrogen and oxygen atoms in total. The van der Waals surface area contributed by atoms with Gasteiger partial charge in [0, 0.05) is 5.56 Å². The first-order valence-corrected chi connectivity index (χ1v) is 5.53. The van der Waals surface area contributed by atoms with Crippen LogP contribution in [0.1, 0.15) is 35.4 Å². The summed E-state index contributed by atoms with van der Waals surface area (Å²) < 4.78 is 25.1. The van der Waals surface area contributed by atoms with Crippen LogP contribution in [0.3, 0.4) is 0 Å². The topological polar surface area (TPSA) is 54.4 Å². The maximum atomic E-state index is 12.6. The van der Waals surface area contributed by atoms with Crippen molar-refractivity contribution >= 4 is 23.4 Å². The van der Waals surface area contributed by atoms with E-state index in [-0.39, 0.29) is 23.1 Å². The average Bonchev–Trinajstić information content (AvgIpc) is 2.27. The van der Waals surface area contributed by atoms with Crippen LogP contribution in [0.4, 0.5) is 8.78 Å². The Labute approximate surface area is 107 Å². The second-order valence-corrected chi connectivity index (χ2v) is 4.24. The molecule has 18 heavy (non-hydrogen) atoms. The monoisotopic (exact) mass is 276 g/mol. The van der Waals surface area contributed by atoms with Gasteiger partial charge in [-0.05, 0) is 24.1 Å². The van der Waals surface area contributed by atoms with Gasteiger partial charge in [-0.3, -0.25) is 9.59 Å². The molecule has 0 bridgehead atoms. The number of hydrogen-bond donors (Lipinski definition) is 1. The molecule has 1 atom stereocenters. The summed E-state index contributed by atoms with van der Waals surface area (Å²) in [5.41, 5.74) is 0.109. The number of halogens is 3. The summed E-state index contributed by atoms with van der Waals surface area (Å²) in [6.07, 6.45) is -3.06. The smallest absolute Gasteiger partial charge is 0.307 e. The van der Waals surface area contributed by atoms with E-state index >= 15 is 0 Å². The van der Waals surface area contributed by atoms with Crippen molar-refractivity contribution in [3.05, 3.63) is 34.9 Å². The van der Waals surface area contributed by atoms with Crippen LogP contribution >= 0.6 is 11.6 Å². The van der Waals surface area contributed by atoms with E-state index in [1.54, 1.807) is 0 Å². The molecule has 0 saturated heterocycles. The maximum Gasteiger partial charge on any atom is 0.307 e. The van der Waals surface area contributed by atoms with E-state index in [2.05, 4.69) is 0 Å². The Hall–Kier alpha value is -1.49. The molecule has 1 unspecified atom stereocenters. The van der Waals surface area contributed by atoms with Crippen molar-refractivity contribution in [2.45, 2.75) is 25.1 Å². The predicted octanol–water partition coefficient (Wildman–Crippen LogP) is 3.12. The lowest BCUT2D eigenvalue weighted by molar-refractivity contribution is -0.136. The number of ketones is 1. The number of alkyl halides is 3. The molecular formula is C12H11ClF2O3. The number of rotatable bonds is 5. The number of Topliss-reactive ketones (excluding diaryl/α,β-unsaturated/α-hetero) is 1. The standard InChI is InChI=1S/C12H11ClF2O3/c1-6(16)11(13)9-4-8(12(14)15)3-2-7(9)5-10(17)18/h2-4,11-12H,5H2,1H3,(H,17,18). The molecule has 0 aliphatic heterocycles. The van der Waals surface area contributed by atoms with E-state index < -0.39 is 23.6 Å². The zero-order valence-corrected chi connectivity index (χ0v) is 10.2. The van der Waals surface area contributed by atoms with Crippen LogP contribution in [-0.2, 0) is 16.0 Å². The van der Waals surface area contributed by atoms with Gasteiger partial charge >= 0.3 is 5.97 Å². The highest BCUT2D eigenvalue weighted by Crippen LogP contribution is 2.30. The maximum absolute atomic E-state index is 12.6. The van der Waals surface area contributed by atoms with Crippen LogP contribution in [0.25, 0.3) is 0 Å². The first-order valence-electron chi connectivity index (χ1n) is 5.10. The highest BCUT2D eigenvalue weighted by molar-refractivity contribution is 6.30. The molecule has 1 rings (SSSR count). The van der Waals surface area contributed by atoms with Crippen molar-refractivity contribution in [1.29, 1.82) is 0 Å². The molecule has 0 amide bonds. The fraction of sp³-hybridized carbons (Fsp3) is 0.333. The van der Waals surface area contributed by atoms with Crippen LogP contribution in [-0.4, -0.2) is 16.9 Å². The van der Waals surface area contributed by atoms with E-state index in [4.69, 9.17) is 16.7 Å². The zero-order valence-electron chi connectivity index (χ0n) is 9.49. The van der Waals surface area contributed by atoms with E-state index in [0.717, 1.165) is 12.1 Å². The first-order chi connectivity index (χ1) is 8.32. The van der Waals surface area contributed by atoms with Gasteiger partial charge in [0.2, 0.25) is 0 Å². The lowest BCUT2D eigenvalue weighted by Crippen LogP contribution is -2.09. The summed E-state index contributed by atoms with van der Waals surface area (Å²) in [6.45, 7) is 1.22. The molecule has 0 aliphatic rings. The highest BCUT2D eigenvalue weighted by Gasteiger charge is 2.20. The Kier molecular flexibility index (Phi) is 4.78. The molecule has 0 radical (unpaired) electrons. The molecular weight excluding hydrogens is 266 g/mol. The molecule has 0 saturated carbocycles. The molecule has 6 heteroatoms. The number of aliphatic carboxylic acids is 1. The largest absolute Gasteiger partial charge is 0.481 e. The Bertz CT molecular complexity index is 474. The lowest BCUT2D eigenvalue weighted by Gasteiger charge is -2.13. The number of carbonyl (C=O) groups excluding carboxylic acids is 1. The van der Waals surface area contributed by atoms with E-state index in [1.165, 1.54) is 13.0 Å². The fourth-order valence-corrected chi connectivity index (χ4v) is 1.73. The number of benzene rings is 1. The molecule has 0 fully saturated rings. The Morgan fingerprint density at radius 3 is 2.44 bits per heavy atom. The number of carbonyl (C=O) groups is 2. The molecule has 0 aliphatic carbocycles. The Morgan fingerprint density at radius 2 is 2.00 bits per heavy atom. The van der Waals surface area contributed by atoms with Gasteiger partial charge in [-0.2, -0.15) is 0 Å². The third-order valence-corrected chi connectivity index (χ3v) is 2.94. The summed E-state index contributed by atoms with van der Waals surface area (Å²) >= 11 is 5.82. The van der Waals surface area contributed by atoms with Crippen molar-refractivity contribution in [1.82, 2.24) is 0 Å². The van der Waals surface area contributed by atoms with Crippen molar-refractivity contribution in [3.8, 4) is 0 Å². The van der Waals surface area contributed by atoms with Gasteiger partial charge < -0.3 is 5.11 Å². The van der Waals surface area contributed by atoms with E-state index in [0.29, 0.717) is 0 Å². The molecule has 0 spiro atoms. The third-order valence-electron chi connectivity index (χ3n) is 2.39. The van der Waals surface area contributed by atoms with Crippen molar-refractivity contribution in [3.63, 3.8) is 0 Å². The van der Waals surface area contributed by atoms with Crippen molar-refractivity contribution in [2.24, 2.45) is 0 Å². The van der Waals surface area contributed by atoms with Gasteiger partial charge in [-0.15, -0.1) is 11.6 Å². The van der Waals surface area contributed by atoms with Gasteiger partial charge in [0.05, 0.1) is 6.42 Å². The van der Waals surface area contributed by atoms with Gasteiger partial charge in [0.1, 0.15) is 5.38 Å². The van der Waals surface area contributed by atoms with Crippen LogP contribution in [0, 0.1) is 0 Å². The highest BCUT2D eigenvalue weighted by atomic mass is 35.5. The molecule has 1 aromatic carbocycles. The molecule has 98 valence electrons. The summed E-state index contributed by atoms with van der Waals surface area (Å²) in [6, 6.07) is 3.49. The van der Waals surface area contributed by atoms with Gasteiger partial charge in [-0.25, -0.2) is 8.78 Å². The second kappa shape index (κ2) is 5.91. The normalized spacial score (nSPS) is 12.5. The zero-order chi connectivity index (χ0) is 13.9. The SMILES string of the molecule is CC(=O)C(Cl)c1cc(C(F)F)ccc1CC(=O)O. The minimum atomic E-state index is -2.70. The molecule has 1 N–H and O–H groups in total. The average molecular weight is 277 g/mol. The van der Waals surface area contributed by atoms with Crippen LogP contribution in [0.2, 0.25) is 0 Å². The van der Waals surface area contributed by atoms with Gasteiger partial charge in [0.25, 0.3) is 6.43 Å². The molecule has 1 aromatic rings. The quantitative estimate of drug-likeness (QED) is 0.841. The van der Waals surface area contributed by atoms with Gasteiger partial charge in [0.15, 0.2) is 5.78 Å². The Balaban J connectivity index is 3.25. The summed E-state index contributed by atoms with van der Waals surface area (Å²) in [4.78, 5) is 21.9. The van der Waals surface area contributed by atoms with Crippen LogP contribution in [0.15, 0.2) is 18.2 Å². The molecule has 0 heterocycles. The summed E-state index contributed by atoms with van der Waals surface area (Å²) in [5, 5.41) is 7.60. The lowest BCUT2D eigenvalue weighted by atomic mass is 9.97. The Morgan fingerprint density at radius 1 is 1.39 bits per heavy atom. The number of carboxylic acids is 1. The third kappa shape index (κ3) is 3.50. The van der Waals surface area contributed by atoms with Gasteiger partial charge in [-0.1, -0.05) is 12.1 Å². The second-order valence-electron chi connectivity index (χ2n) is 3.80. The van der Waals surface area contributed by atoms with Crippen LogP contribution < -0.4 is 0 Å². The minimum Gasteiger partial charge on any atom is -0.481 e. The van der Waals surface area contributed by atoms with Crippen molar-refractivity contribution < 1.29 is 23.5 Å². The van der Waals surface area contributed by atoms with E-state index in [1.807, 2.05) is 0 Å². The fourth-order valence-electron chi connectivity index (χ4n) is 1.53. The predicted molar refractivity (Wildman–Crippen MR) is 62.0 cm³/mol. The van der Waals surface area contributed by atoms with E-state index in [9.17, 15) is 18.4 Å². The van der Waals surface area contributed by atoms with Crippen molar-refractivity contribution in [2.75, 3.05) is 0 Å². The first kappa shape index (κ1) is 14.6. The minimum absolute atomic E-state index is 0.129. The molecule has 0 aromatic heterocycles.